The van der Waals surface area contributed by atoms with E-state index >= 15 is 0 Å². The van der Waals surface area contributed by atoms with E-state index in [4.69, 9.17) is 4.84 Å². The molecule has 0 saturated heterocycles. The molecule has 0 aliphatic carbocycles. The van der Waals surface area contributed by atoms with Crippen molar-refractivity contribution in [2.75, 3.05) is 5.32 Å². The highest BCUT2D eigenvalue weighted by Gasteiger charge is 2.11. The van der Waals surface area contributed by atoms with Gasteiger partial charge in [-0.3, -0.25) is 14.6 Å². The van der Waals surface area contributed by atoms with Gasteiger partial charge in [0.15, 0.2) is 0 Å². The van der Waals surface area contributed by atoms with Crippen LogP contribution in [0.25, 0.3) is 0 Å². The number of carbonyl (C=O) groups is 1. The number of pyridine rings is 1. The van der Waals surface area contributed by atoms with Crippen LogP contribution < -0.4 is 10.8 Å². The summed E-state index contributed by atoms with van der Waals surface area (Å²) < 4.78 is 0. The third kappa shape index (κ3) is 4.89. The van der Waals surface area contributed by atoms with Gasteiger partial charge in [-0.25, -0.2) is 5.48 Å². The Morgan fingerprint density at radius 3 is 2.48 bits per heavy atom. The van der Waals surface area contributed by atoms with Crippen LogP contribution in [0.4, 0.5) is 5.69 Å². The van der Waals surface area contributed by atoms with Crippen molar-refractivity contribution >= 4 is 11.6 Å². The van der Waals surface area contributed by atoms with Gasteiger partial charge in [-0.2, -0.15) is 0 Å². The molecule has 2 N–H and O–H groups in total. The lowest BCUT2D eigenvalue weighted by molar-refractivity contribution is 0.0234. The molecule has 126 valence electrons. The summed E-state index contributed by atoms with van der Waals surface area (Å²) in [6.45, 7) is 0.904. The van der Waals surface area contributed by atoms with Crippen molar-refractivity contribution in [3.05, 3.63) is 95.8 Å². The highest BCUT2D eigenvalue weighted by molar-refractivity contribution is 5.98. The van der Waals surface area contributed by atoms with Crippen LogP contribution in [0.1, 0.15) is 21.5 Å². The van der Waals surface area contributed by atoms with Gasteiger partial charge in [0.2, 0.25) is 0 Å². The molecule has 1 aromatic heterocycles. The Bertz CT molecular complexity index is 807. The van der Waals surface area contributed by atoms with Crippen molar-refractivity contribution in [1.82, 2.24) is 10.5 Å². The first-order valence-electron chi connectivity index (χ1n) is 8.01. The van der Waals surface area contributed by atoms with Crippen molar-refractivity contribution < 1.29 is 9.63 Å². The normalized spacial score (nSPS) is 10.2. The van der Waals surface area contributed by atoms with E-state index in [1.54, 1.807) is 18.5 Å². The molecule has 0 radical (unpaired) electrons. The molecule has 25 heavy (non-hydrogen) atoms. The fourth-order valence-electron chi connectivity index (χ4n) is 2.35. The molecule has 0 unspecified atom stereocenters. The minimum atomic E-state index is -0.287. The molecule has 0 bridgehead atoms. The first-order valence-corrected chi connectivity index (χ1v) is 8.01. The van der Waals surface area contributed by atoms with Gasteiger partial charge in [0.05, 0.1) is 12.2 Å². The van der Waals surface area contributed by atoms with E-state index in [-0.39, 0.29) is 5.91 Å². The summed E-state index contributed by atoms with van der Waals surface area (Å²) >= 11 is 0. The predicted octanol–water partition coefficient (Wildman–Crippen LogP) is 3.56. The molecule has 5 nitrogen and oxygen atoms in total. The molecular weight excluding hydrogens is 314 g/mol. The lowest BCUT2D eigenvalue weighted by atomic mass is 10.1. The summed E-state index contributed by atoms with van der Waals surface area (Å²) in [7, 11) is 0. The SMILES string of the molecule is O=C(NOCc1ccccc1)c1ccccc1NCc1cccnc1. The summed E-state index contributed by atoms with van der Waals surface area (Å²) in [6.07, 6.45) is 3.52. The van der Waals surface area contributed by atoms with Gasteiger partial charge >= 0.3 is 0 Å². The van der Waals surface area contributed by atoms with E-state index in [1.807, 2.05) is 60.7 Å². The fourth-order valence-corrected chi connectivity index (χ4v) is 2.35. The van der Waals surface area contributed by atoms with Crippen molar-refractivity contribution in [2.45, 2.75) is 13.2 Å². The minimum Gasteiger partial charge on any atom is -0.380 e. The second-order valence-corrected chi connectivity index (χ2v) is 5.47. The van der Waals surface area contributed by atoms with E-state index in [0.717, 1.165) is 16.8 Å². The monoisotopic (exact) mass is 333 g/mol. The van der Waals surface area contributed by atoms with Crippen LogP contribution in [0.3, 0.4) is 0 Å². The standard InChI is InChI=1S/C20H19N3O2/c24-20(23-25-15-16-7-2-1-3-8-16)18-10-4-5-11-19(18)22-14-17-9-6-12-21-13-17/h1-13,22H,14-15H2,(H,23,24). The predicted molar refractivity (Wildman–Crippen MR) is 96.7 cm³/mol. The number of benzene rings is 2. The molecule has 0 saturated carbocycles. The highest BCUT2D eigenvalue weighted by atomic mass is 16.6. The number of hydrogen-bond donors (Lipinski definition) is 2. The summed E-state index contributed by atoms with van der Waals surface area (Å²) in [5.41, 5.74) is 5.80. The zero-order valence-electron chi connectivity index (χ0n) is 13.7. The van der Waals surface area contributed by atoms with Gasteiger partial charge in [-0.1, -0.05) is 48.5 Å². The number of rotatable bonds is 7. The molecule has 1 heterocycles. The zero-order valence-corrected chi connectivity index (χ0v) is 13.7. The number of amides is 1. The fraction of sp³-hybridized carbons (Fsp3) is 0.100. The summed E-state index contributed by atoms with van der Waals surface area (Å²) in [6, 6.07) is 20.9. The van der Waals surface area contributed by atoms with Crippen LogP contribution in [0.5, 0.6) is 0 Å². The van der Waals surface area contributed by atoms with Crippen LogP contribution in [-0.2, 0) is 18.0 Å². The molecule has 1 amide bonds. The average molecular weight is 333 g/mol. The Kier molecular flexibility index (Phi) is 5.74. The molecule has 5 heteroatoms. The summed E-state index contributed by atoms with van der Waals surface area (Å²) in [5, 5.41) is 3.26. The van der Waals surface area contributed by atoms with Crippen molar-refractivity contribution in [2.24, 2.45) is 0 Å². The Balaban J connectivity index is 1.58. The van der Waals surface area contributed by atoms with Crippen LogP contribution in [0, 0.1) is 0 Å². The molecule has 0 aliphatic rings. The average Bonchev–Trinajstić information content (AvgIpc) is 2.68. The van der Waals surface area contributed by atoms with Gasteiger partial charge in [0.1, 0.15) is 0 Å². The van der Waals surface area contributed by atoms with Gasteiger partial charge < -0.3 is 5.32 Å². The first-order chi connectivity index (χ1) is 12.3. The molecular formula is C20H19N3O2. The van der Waals surface area contributed by atoms with Crippen LogP contribution in [0.2, 0.25) is 0 Å². The Hall–Kier alpha value is -3.18. The number of hydroxylamine groups is 1. The lowest BCUT2D eigenvalue weighted by Gasteiger charge is -2.12. The van der Waals surface area contributed by atoms with Gasteiger partial charge in [0, 0.05) is 24.6 Å². The van der Waals surface area contributed by atoms with Crippen molar-refractivity contribution in [3.63, 3.8) is 0 Å². The second-order valence-electron chi connectivity index (χ2n) is 5.47. The van der Waals surface area contributed by atoms with E-state index in [9.17, 15) is 4.79 Å². The van der Waals surface area contributed by atoms with Crippen LogP contribution >= 0.6 is 0 Å². The summed E-state index contributed by atoms with van der Waals surface area (Å²) in [5.74, 6) is -0.287. The van der Waals surface area contributed by atoms with E-state index < -0.39 is 0 Å². The molecule has 0 spiro atoms. The molecule has 3 rings (SSSR count). The number of para-hydroxylation sites is 1. The van der Waals surface area contributed by atoms with E-state index in [1.165, 1.54) is 0 Å². The maximum Gasteiger partial charge on any atom is 0.276 e. The van der Waals surface area contributed by atoms with Crippen molar-refractivity contribution in [1.29, 1.82) is 0 Å². The highest BCUT2D eigenvalue weighted by Crippen LogP contribution is 2.16. The largest absolute Gasteiger partial charge is 0.380 e. The zero-order chi connectivity index (χ0) is 17.3. The molecule has 0 atom stereocenters. The lowest BCUT2D eigenvalue weighted by Crippen LogP contribution is -2.24. The smallest absolute Gasteiger partial charge is 0.276 e. The van der Waals surface area contributed by atoms with Gasteiger partial charge in [0.25, 0.3) is 5.91 Å². The number of hydrogen-bond acceptors (Lipinski definition) is 4. The topological polar surface area (TPSA) is 63.2 Å². The molecule has 0 fully saturated rings. The Labute approximate surface area is 146 Å². The third-order valence-corrected chi connectivity index (χ3v) is 3.62. The maximum atomic E-state index is 12.4. The maximum absolute atomic E-state index is 12.4. The molecule has 0 aliphatic heterocycles. The minimum absolute atomic E-state index is 0.287. The van der Waals surface area contributed by atoms with Gasteiger partial charge in [-0.05, 0) is 29.3 Å². The second kappa shape index (κ2) is 8.61. The number of nitrogens with one attached hydrogen (secondary N) is 2. The Morgan fingerprint density at radius 1 is 0.920 bits per heavy atom. The number of nitrogens with zero attached hydrogens (tertiary/aromatic N) is 1. The van der Waals surface area contributed by atoms with Crippen LogP contribution in [0.15, 0.2) is 79.1 Å². The quantitative estimate of drug-likeness (QED) is 0.649. The summed E-state index contributed by atoms with van der Waals surface area (Å²) in [4.78, 5) is 21.8. The van der Waals surface area contributed by atoms with Crippen molar-refractivity contribution in [3.8, 4) is 0 Å². The molecule has 3 aromatic rings. The molecule has 2 aromatic carbocycles. The van der Waals surface area contributed by atoms with E-state index in [2.05, 4.69) is 15.8 Å². The first kappa shape index (κ1) is 16.7. The third-order valence-electron chi connectivity index (χ3n) is 3.62. The van der Waals surface area contributed by atoms with Gasteiger partial charge in [-0.15, -0.1) is 0 Å². The number of carbonyl (C=O) groups excluding carboxylic acids is 1. The number of aromatic nitrogens is 1. The van der Waals surface area contributed by atoms with E-state index in [0.29, 0.717) is 18.7 Å². The Morgan fingerprint density at radius 2 is 1.68 bits per heavy atom. The number of anilines is 1. The van der Waals surface area contributed by atoms with Crippen LogP contribution in [-0.4, -0.2) is 10.9 Å².